The molecule has 5 rings (SSSR count). The van der Waals surface area contributed by atoms with Crippen LogP contribution in [0, 0.1) is 18.3 Å². The molecule has 280 valence electrons. The quantitative estimate of drug-likeness (QED) is 0.152. The van der Waals surface area contributed by atoms with E-state index in [2.05, 4.69) is 40.6 Å². The van der Waals surface area contributed by atoms with Crippen molar-refractivity contribution in [1.29, 1.82) is 0 Å². The minimum atomic E-state index is -4.21. The van der Waals surface area contributed by atoms with Crippen LogP contribution in [-0.2, 0) is 4.74 Å². The van der Waals surface area contributed by atoms with E-state index in [0.29, 0.717) is 11.7 Å². The van der Waals surface area contributed by atoms with Crippen molar-refractivity contribution in [3.63, 3.8) is 0 Å². The second-order valence-electron chi connectivity index (χ2n) is 14.8. The lowest BCUT2D eigenvalue weighted by Crippen LogP contribution is -2.45. The van der Waals surface area contributed by atoms with Gasteiger partial charge < -0.3 is 14.4 Å². The lowest BCUT2D eigenvalue weighted by atomic mass is 9.93. The van der Waals surface area contributed by atoms with Crippen molar-refractivity contribution in [3.05, 3.63) is 59.1 Å². The number of hydrogen-bond donors (Lipinski definition) is 1. The Morgan fingerprint density at radius 3 is 2.43 bits per heavy atom. The number of carbonyl (C=O) groups is 2. The van der Waals surface area contributed by atoms with Crippen molar-refractivity contribution in [3.8, 4) is 11.7 Å². The molecule has 1 N–H and O–H groups in total. The van der Waals surface area contributed by atoms with E-state index < -0.39 is 23.1 Å². The molecular formula is C36H48ClF3N6O4S. The van der Waals surface area contributed by atoms with Gasteiger partial charge in [0.1, 0.15) is 10.8 Å². The molecule has 2 amide bonds. The maximum atomic E-state index is 13.0. The summed E-state index contributed by atoms with van der Waals surface area (Å²) in [7, 11) is 0. The normalized spacial score (nSPS) is 17.7. The second kappa shape index (κ2) is 16.4. The van der Waals surface area contributed by atoms with Crippen LogP contribution in [0.15, 0.2) is 47.6 Å². The fraction of sp³-hybridized carbons (Fsp3) is 0.583. The first-order valence-corrected chi connectivity index (χ1v) is 18.3. The predicted octanol–water partition coefficient (Wildman–Crippen LogP) is 9.38. The third-order valence-corrected chi connectivity index (χ3v) is 9.90. The number of hydrogen-bond acceptors (Lipinski definition) is 8. The van der Waals surface area contributed by atoms with Gasteiger partial charge in [-0.3, -0.25) is 14.5 Å². The number of carbonyl (C=O) groups excluding carboxylic acids is 2. The molecular weight excluding hydrogens is 705 g/mol. The molecule has 15 heteroatoms. The number of amides is 2. The van der Waals surface area contributed by atoms with Gasteiger partial charge in [0.25, 0.3) is 5.91 Å². The van der Waals surface area contributed by atoms with Crippen LogP contribution in [0.3, 0.4) is 0 Å². The lowest BCUT2D eigenvalue weighted by Gasteiger charge is -2.33. The van der Waals surface area contributed by atoms with Crippen molar-refractivity contribution in [1.82, 2.24) is 29.4 Å². The minimum absolute atomic E-state index is 0.0218. The van der Waals surface area contributed by atoms with Crippen molar-refractivity contribution in [2.24, 2.45) is 11.3 Å². The van der Waals surface area contributed by atoms with Gasteiger partial charge in [-0.25, -0.2) is 14.5 Å². The Bertz CT molecular complexity index is 1640. The molecule has 1 unspecified atom stereocenters. The molecule has 0 spiro atoms. The Labute approximate surface area is 307 Å². The molecule has 3 aromatic rings. The highest BCUT2D eigenvalue weighted by Crippen LogP contribution is 2.59. The van der Waals surface area contributed by atoms with E-state index in [0.717, 1.165) is 35.5 Å². The zero-order valence-corrected chi connectivity index (χ0v) is 31.8. The van der Waals surface area contributed by atoms with Crippen molar-refractivity contribution in [2.75, 3.05) is 13.2 Å². The summed E-state index contributed by atoms with van der Waals surface area (Å²) in [6.45, 7) is 14.9. The van der Waals surface area contributed by atoms with E-state index in [1.54, 1.807) is 18.5 Å². The van der Waals surface area contributed by atoms with E-state index in [9.17, 15) is 22.8 Å². The van der Waals surface area contributed by atoms with Crippen LogP contribution in [0.1, 0.15) is 103 Å². The average Bonchev–Trinajstić information content (AvgIpc) is 3.58. The van der Waals surface area contributed by atoms with Gasteiger partial charge in [0.2, 0.25) is 5.88 Å². The summed E-state index contributed by atoms with van der Waals surface area (Å²) in [6.07, 6.45) is 3.78. The standard InChI is InChI=1S/C21H19ClF3N5O2S.C15H29NO2/c1-13-2-3-14(12-26-13)33-29-19(31)15-4-5-16(27-18(15)22)30-10-6-17(28-30)32-11-9-20(7-8-20)21(23,24)25;1-7-8-9-12-10-15(5,6)16(11-12)13(17)18-14(2,3)4/h2-6,10,12H,7-9,11H2,1H3,(H,29,31);12H,7-11H2,1-6H3. The molecule has 1 saturated heterocycles. The van der Waals surface area contributed by atoms with Crippen molar-refractivity contribution >= 4 is 35.5 Å². The van der Waals surface area contributed by atoms with E-state index in [1.165, 1.54) is 36.1 Å². The first-order valence-electron chi connectivity index (χ1n) is 17.1. The maximum absolute atomic E-state index is 13.0. The summed E-state index contributed by atoms with van der Waals surface area (Å²) >= 11 is 7.30. The molecule has 1 saturated carbocycles. The van der Waals surface area contributed by atoms with Crippen LogP contribution in [0.4, 0.5) is 18.0 Å². The summed E-state index contributed by atoms with van der Waals surface area (Å²) in [4.78, 5) is 35.7. The number of nitrogens with one attached hydrogen (secondary N) is 1. The third kappa shape index (κ3) is 11.2. The average molecular weight is 753 g/mol. The van der Waals surface area contributed by atoms with Gasteiger partial charge in [0, 0.05) is 41.1 Å². The lowest BCUT2D eigenvalue weighted by molar-refractivity contribution is -0.190. The number of nitrogens with zero attached hydrogens (tertiary/aromatic N) is 5. The van der Waals surface area contributed by atoms with Gasteiger partial charge in [-0.15, -0.1) is 5.10 Å². The Balaban J connectivity index is 0.000000275. The number of rotatable bonds is 11. The number of likely N-dealkylation sites (tertiary alicyclic amines) is 1. The number of unbranched alkanes of at least 4 members (excludes halogenated alkanes) is 1. The first kappa shape index (κ1) is 40.3. The zero-order chi connectivity index (χ0) is 37.6. The number of alkyl halides is 3. The fourth-order valence-electron chi connectivity index (χ4n) is 5.80. The van der Waals surface area contributed by atoms with E-state index in [1.807, 2.05) is 44.7 Å². The molecule has 0 aromatic carbocycles. The summed E-state index contributed by atoms with van der Waals surface area (Å²) in [5.74, 6) is 0.715. The topological polar surface area (TPSA) is 111 Å². The number of pyridine rings is 2. The summed E-state index contributed by atoms with van der Waals surface area (Å²) in [6, 6.07) is 8.26. The monoisotopic (exact) mass is 752 g/mol. The number of ether oxygens (including phenoxy) is 2. The van der Waals surface area contributed by atoms with Crippen molar-refractivity contribution < 1.29 is 32.2 Å². The molecule has 4 heterocycles. The molecule has 10 nitrogen and oxygen atoms in total. The molecule has 0 bridgehead atoms. The van der Waals surface area contributed by atoms with Crippen LogP contribution >= 0.6 is 23.5 Å². The Hall–Kier alpha value is -3.52. The Morgan fingerprint density at radius 2 is 1.84 bits per heavy atom. The highest BCUT2D eigenvalue weighted by atomic mass is 35.5. The van der Waals surface area contributed by atoms with Gasteiger partial charge in [-0.05, 0) is 116 Å². The number of aryl methyl sites for hydroxylation is 1. The highest BCUT2D eigenvalue weighted by molar-refractivity contribution is 7.98. The van der Waals surface area contributed by atoms with Crippen LogP contribution in [0.5, 0.6) is 5.88 Å². The molecule has 2 fully saturated rings. The molecule has 0 radical (unpaired) electrons. The molecule has 3 aromatic heterocycles. The first-order chi connectivity index (χ1) is 23.8. The summed E-state index contributed by atoms with van der Waals surface area (Å²) < 4.78 is 53.9. The summed E-state index contributed by atoms with van der Waals surface area (Å²) in [5.41, 5.74) is -1.04. The van der Waals surface area contributed by atoms with Gasteiger partial charge in [0.15, 0.2) is 5.82 Å². The SMILES string of the molecule is CCCCC1CN(C(=O)OC(C)(C)C)C(C)(C)C1.Cc1ccc(SNC(=O)c2ccc(-n3ccc(OCCC4(C(F)(F)F)CC4)n3)nc2Cl)cn1. The van der Waals surface area contributed by atoms with Gasteiger partial charge in [-0.2, -0.15) is 13.2 Å². The maximum Gasteiger partial charge on any atom is 0.410 e. The van der Waals surface area contributed by atoms with Crippen LogP contribution in [0.2, 0.25) is 5.15 Å². The Kier molecular flexibility index (Phi) is 13.0. The van der Waals surface area contributed by atoms with Crippen LogP contribution < -0.4 is 9.46 Å². The molecule has 1 atom stereocenters. The molecule has 1 aliphatic heterocycles. The Morgan fingerprint density at radius 1 is 1.12 bits per heavy atom. The van der Waals surface area contributed by atoms with E-state index in [-0.39, 0.29) is 54.1 Å². The fourth-order valence-corrected chi connectivity index (χ4v) is 6.59. The van der Waals surface area contributed by atoms with Crippen LogP contribution in [0.25, 0.3) is 5.82 Å². The van der Waals surface area contributed by atoms with E-state index in [4.69, 9.17) is 21.1 Å². The summed E-state index contributed by atoms with van der Waals surface area (Å²) in [5, 5.41) is 4.14. The van der Waals surface area contributed by atoms with E-state index >= 15 is 0 Å². The molecule has 1 aliphatic carbocycles. The second-order valence-corrected chi connectivity index (χ2v) is 16.0. The van der Waals surface area contributed by atoms with Gasteiger partial charge >= 0.3 is 12.3 Å². The van der Waals surface area contributed by atoms with Gasteiger partial charge in [-0.1, -0.05) is 31.4 Å². The minimum Gasteiger partial charge on any atom is -0.477 e. The largest absolute Gasteiger partial charge is 0.477 e. The van der Waals surface area contributed by atoms with Crippen LogP contribution in [-0.4, -0.2) is 67.1 Å². The molecule has 51 heavy (non-hydrogen) atoms. The zero-order valence-electron chi connectivity index (χ0n) is 30.3. The predicted molar refractivity (Wildman–Crippen MR) is 191 cm³/mol. The number of aromatic nitrogens is 4. The number of halogens is 4. The smallest absolute Gasteiger partial charge is 0.410 e. The van der Waals surface area contributed by atoms with Crippen molar-refractivity contribution in [2.45, 2.75) is 116 Å². The molecule has 2 aliphatic rings. The third-order valence-electron chi connectivity index (χ3n) is 8.85. The highest BCUT2D eigenvalue weighted by Gasteiger charge is 2.62. The van der Waals surface area contributed by atoms with Gasteiger partial charge in [0.05, 0.1) is 17.6 Å².